The molecule has 3 rings (SSSR count). The van der Waals surface area contributed by atoms with Crippen molar-refractivity contribution in [3.8, 4) is 16.3 Å². The van der Waals surface area contributed by atoms with Crippen LogP contribution in [0.4, 0.5) is 0 Å². The molecule has 0 amide bonds. The lowest BCUT2D eigenvalue weighted by molar-refractivity contribution is 0.488. The molecule has 0 aliphatic rings. The summed E-state index contributed by atoms with van der Waals surface area (Å²) in [5.41, 5.74) is 0.668. The molecule has 0 aliphatic heterocycles. The average molecular weight is 324 g/mol. The quantitative estimate of drug-likeness (QED) is 0.690. The first-order chi connectivity index (χ1) is 9.65. The van der Waals surface area contributed by atoms with Crippen molar-refractivity contribution in [3.05, 3.63) is 47.8 Å². The lowest BCUT2D eigenvalue weighted by Gasteiger charge is -2.04. The molecule has 0 saturated heterocycles. The normalized spacial score (nSPS) is 11.4. The Bertz CT molecular complexity index is 796. The molecule has 8 heteroatoms. The number of thiophene rings is 1. The summed E-state index contributed by atoms with van der Waals surface area (Å²) in [5.74, 6) is 0.290. The van der Waals surface area contributed by atoms with Crippen LogP contribution in [0.3, 0.4) is 0 Å². The van der Waals surface area contributed by atoms with E-state index in [4.69, 9.17) is 4.18 Å². The number of hydrogen-bond donors (Lipinski definition) is 0. The third kappa shape index (κ3) is 2.72. The summed E-state index contributed by atoms with van der Waals surface area (Å²) >= 11 is 2.33. The summed E-state index contributed by atoms with van der Waals surface area (Å²) in [7, 11) is -3.81. The first-order valence-corrected chi connectivity index (χ1v) is 8.58. The molecule has 1 aromatic carbocycles. The molecule has 0 radical (unpaired) electrons. The largest absolute Gasteiger partial charge is 0.378 e. The van der Waals surface area contributed by atoms with Gasteiger partial charge in [0.2, 0.25) is 0 Å². The highest BCUT2D eigenvalue weighted by atomic mass is 32.3. The van der Waals surface area contributed by atoms with E-state index in [0.717, 1.165) is 16.2 Å². The number of para-hydroxylation sites is 1. The van der Waals surface area contributed by atoms with Gasteiger partial charge < -0.3 is 4.18 Å². The molecular weight excluding hydrogens is 316 g/mol. The van der Waals surface area contributed by atoms with Crippen LogP contribution in [0.15, 0.2) is 52.1 Å². The van der Waals surface area contributed by atoms with E-state index in [0.29, 0.717) is 5.69 Å². The van der Waals surface area contributed by atoms with Gasteiger partial charge in [-0.15, -0.1) is 16.4 Å². The zero-order valence-electron chi connectivity index (χ0n) is 9.96. The molecule has 2 heterocycles. The Morgan fingerprint density at radius 2 is 1.85 bits per heavy atom. The van der Waals surface area contributed by atoms with Crippen LogP contribution in [-0.4, -0.2) is 18.0 Å². The first-order valence-electron chi connectivity index (χ1n) is 5.52. The van der Waals surface area contributed by atoms with Gasteiger partial charge in [0.25, 0.3) is 0 Å². The fraction of sp³-hybridized carbons (Fsp3) is 0. The van der Waals surface area contributed by atoms with Crippen LogP contribution in [0.25, 0.3) is 10.6 Å². The van der Waals surface area contributed by atoms with Crippen molar-refractivity contribution in [2.24, 2.45) is 0 Å². The van der Waals surface area contributed by atoms with E-state index in [1.54, 1.807) is 41.8 Å². The van der Waals surface area contributed by atoms with Gasteiger partial charge in [-0.05, 0) is 35.8 Å². The predicted octanol–water partition coefficient (Wildman–Crippen LogP) is 3.03. The van der Waals surface area contributed by atoms with Crippen molar-refractivity contribution >= 4 is 33.0 Å². The van der Waals surface area contributed by atoms with Crippen molar-refractivity contribution < 1.29 is 12.6 Å². The van der Waals surface area contributed by atoms with E-state index in [1.165, 1.54) is 17.6 Å². The van der Waals surface area contributed by atoms with E-state index in [9.17, 15) is 8.42 Å². The van der Waals surface area contributed by atoms with Gasteiger partial charge in [0, 0.05) is 5.38 Å². The SMILES string of the molecule is O=S(=O)(Oc1ccccc1)c1ccc(-c2csnn2)s1. The molecule has 0 saturated carbocycles. The summed E-state index contributed by atoms with van der Waals surface area (Å²) in [6.07, 6.45) is 0. The van der Waals surface area contributed by atoms with Crippen molar-refractivity contribution in [2.75, 3.05) is 0 Å². The Morgan fingerprint density at radius 3 is 2.55 bits per heavy atom. The average Bonchev–Trinajstić information content (AvgIpc) is 3.11. The maximum atomic E-state index is 12.1. The Labute approximate surface area is 123 Å². The molecular formula is C12H8N2O3S3. The van der Waals surface area contributed by atoms with E-state index >= 15 is 0 Å². The van der Waals surface area contributed by atoms with E-state index in [1.807, 2.05) is 0 Å². The Hall–Kier alpha value is -1.77. The molecule has 20 heavy (non-hydrogen) atoms. The third-order valence-electron chi connectivity index (χ3n) is 2.39. The van der Waals surface area contributed by atoms with Crippen LogP contribution in [0.2, 0.25) is 0 Å². The summed E-state index contributed by atoms with van der Waals surface area (Å²) < 4.78 is 33.2. The summed E-state index contributed by atoms with van der Waals surface area (Å²) in [5, 5.41) is 5.67. The molecule has 0 N–H and O–H groups in total. The lowest BCUT2D eigenvalue weighted by atomic mass is 10.3. The molecule has 5 nitrogen and oxygen atoms in total. The minimum atomic E-state index is -3.81. The van der Waals surface area contributed by atoms with Crippen molar-refractivity contribution in [3.63, 3.8) is 0 Å². The minimum Gasteiger partial charge on any atom is -0.378 e. The molecule has 0 spiro atoms. The highest BCUT2D eigenvalue weighted by Gasteiger charge is 2.20. The number of nitrogens with zero attached hydrogens (tertiary/aromatic N) is 2. The highest BCUT2D eigenvalue weighted by molar-refractivity contribution is 7.89. The summed E-state index contributed by atoms with van der Waals surface area (Å²) in [6.45, 7) is 0. The topological polar surface area (TPSA) is 69.2 Å². The second-order valence-corrected chi connectivity index (χ2v) is 7.23. The van der Waals surface area contributed by atoms with Crippen molar-refractivity contribution in [2.45, 2.75) is 4.21 Å². The van der Waals surface area contributed by atoms with Crippen LogP contribution in [0.1, 0.15) is 0 Å². The van der Waals surface area contributed by atoms with Crippen LogP contribution < -0.4 is 4.18 Å². The fourth-order valence-electron chi connectivity index (χ4n) is 1.51. The molecule has 0 bridgehead atoms. The van der Waals surface area contributed by atoms with Crippen molar-refractivity contribution in [1.82, 2.24) is 9.59 Å². The number of aromatic nitrogens is 2. The Morgan fingerprint density at radius 1 is 1.05 bits per heavy atom. The van der Waals surface area contributed by atoms with Crippen LogP contribution in [0, 0.1) is 0 Å². The fourth-order valence-corrected chi connectivity index (χ4v) is 4.19. The van der Waals surface area contributed by atoms with Gasteiger partial charge in [-0.1, -0.05) is 22.7 Å². The number of benzene rings is 1. The van der Waals surface area contributed by atoms with E-state index in [-0.39, 0.29) is 9.96 Å². The van der Waals surface area contributed by atoms with Crippen LogP contribution in [-0.2, 0) is 10.1 Å². The molecule has 0 atom stereocenters. The highest BCUT2D eigenvalue weighted by Crippen LogP contribution is 2.31. The minimum absolute atomic E-state index is 0.143. The predicted molar refractivity (Wildman–Crippen MR) is 77.5 cm³/mol. The molecule has 0 aliphatic carbocycles. The van der Waals surface area contributed by atoms with Gasteiger partial charge in [0.1, 0.15) is 11.4 Å². The second-order valence-electron chi connectivity index (χ2n) is 3.76. The van der Waals surface area contributed by atoms with Gasteiger partial charge >= 0.3 is 10.1 Å². The van der Waals surface area contributed by atoms with E-state index < -0.39 is 10.1 Å². The molecule has 2 aromatic heterocycles. The number of rotatable bonds is 4. The third-order valence-corrected chi connectivity index (χ3v) is 5.70. The molecule has 3 aromatic rings. The van der Waals surface area contributed by atoms with Gasteiger partial charge in [0.05, 0.1) is 4.88 Å². The van der Waals surface area contributed by atoms with Gasteiger partial charge in [0.15, 0.2) is 4.21 Å². The first kappa shape index (κ1) is 13.2. The zero-order chi connectivity index (χ0) is 14.0. The van der Waals surface area contributed by atoms with Gasteiger partial charge in [-0.3, -0.25) is 0 Å². The maximum Gasteiger partial charge on any atom is 0.348 e. The summed E-state index contributed by atoms with van der Waals surface area (Å²) in [4.78, 5) is 0.744. The maximum absolute atomic E-state index is 12.1. The monoisotopic (exact) mass is 324 g/mol. The summed E-state index contributed by atoms with van der Waals surface area (Å²) in [6, 6.07) is 11.6. The van der Waals surface area contributed by atoms with E-state index in [2.05, 4.69) is 9.59 Å². The van der Waals surface area contributed by atoms with Gasteiger partial charge in [-0.2, -0.15) is 8.42 Å². The molecule has 102 valence electrons. The Balaban J connectivity index is 1.89. The van der Waals surface area contributed by atoms with Crippen LogP contribution >= 0.6 is 22.9 Å². The van der Waals surface area contributed by atoms with Crippen LogP contribution in [0.5, 0.6) is 5.75 Å². The standard InChI is InChI=1S/C12H8N2O3S3/c15-20(16,17-9-4-2-1-3-5-9)12-7-6-11(19-12)10-8-18-14-13-10/h1-8H. The molecule has 0 fully saturated rings. The van der Waals surface area contributed by atoms with Crippen molar-refractivity contribution in [1.29, 1.82) is 0 Å². The second kappa shape index (κ2) is 5.31. The number of hydrogen-bond acceptors (Lipinski definition) is 7. The lowest BCUT2D eigenvalue weighted by Crippen LogP contribution is -2.07. The zero-order valence-corrected chi connectivity index (χ0v) is 12.4. The van der Waals surface area contributed by atoms with Gasteiger partial charge in [-0.25, -0.2) is 0 Å². The molecule has 0 unspecified atom stereocenters. The Kier molecular flexibility index (Phi) is 3.51. The smallest absolute Gasteiger partial charge is 0.348 e.